The molecule has 138 valence electrons. The summed E-state index contributed by atoms with van der Waals surface area (Å²) in [4.78, 5) is 13.9. The number of hydrogen-bond donors (Lipinski definition) is 0. The molecule has 3 nitrogen and oxygen atoms in total. The number of halogens is 3. The van der Waals surface area contributed by atoms with Crippen molar-refractivity contribution >= 4 is 5.97 Å². The van der Waals surface area contributed by atoms with Gasteiger partial charge in [0.05, 0.1) is 19.1 Å². The van der Waals surface area contributed by atoms with Gasteiger partial charge in [-0.3, -0.25) is 9.69 Å². The third-order valence-corrected chi connectivity index (χ3v) is 4.70. The first kappa shape index (κ1) is 18.5. The summed E-state index contributed by atoms with van der Waals surface area (Å²) in [6.45, 7) is 1.89. The first-order valence-corrected chi connectivity index (χ1v) is 8.40. The van der Waals surface area contributed by atoms with Gasteiger partial charge in [0.25, 0.3) is 0 Å². The number of methoxy groups -OCH3 is 1. The van der Waals surface area contributed by atoms with E-state index in [1.54, 1.807) is 0 Å². The number of carbonyl (C=O) groups is 1. The van der Waals surface area contributed by atoms with Crippen molar-refractivity contribution < 1.29 is 22.7 Å². The highest BCUT2D eigenvalue weighted by molar-refractivity contribution is 5.70. The lowest BCUT2D eigenvalue weighted by molar-refractivity contribution is -0.141. The van der Waals surface area contributed by atoms with Crippen LogP contribution in [0.5, 0.6) is 0 Å². The van der Waals surface area contributed by atoms with E-state index in [9.17, 15) is 18.0 Å². The van der Waals surface area contributed by atoms with Gasteiger partial charge in [-0.15, -0.1) is 0 Å². The Morgan fingerprint density at radius 2 is 1.85 bits per heavy atom. The lowest BCUT2D eigenvalue weighted by Crippen LogP contribution is -2.34. The van der Waals surface area contributed by atoms with Crippen LogP contribution in [0.4, 0.5) is 13.2 Å². The van der Waals surface area contributed by atoms with E-state index in [-0.39, 0.29) is 18.3 Å². The molecule has 0 aromatic heterocycles. The number of carbonyl (C=O) groups excluding carboxylic acids is 1. The number of fused-ring (bicyclic) bond motifs is 1. The summed E-state index contributed by atoms with van der Waals surface area (Å²) in [5.74, 6) is -0.247. The minimum absolute atomic E-state index is 0.0156. The van der Waals surface area contributed by atoms with Crippen LogP contribution in [0.25, 0.3) is 0 Å². The molecule has 0 bridgehead atoms. The van der Waals surface area contributed by atoms with Crippen molar-refractivity contribution in [2.75, 3.05) is 13.7 Å². The zero-order valence-electron chi connectivity index (χ0n) is 14.4. The number of alkyl halides is 3. The van der Waals surface area contributed by atoms with Crippen LogP contribution >= 0.6 is 0 Å². The van der Waals surface area contributed by atoms with Crippen molar-refractivity contribution in [3.8, 4) is 0 Å². The highest BCUT2D eigenvalue weighted by Gasteiger charge is 2.30. The molecule has 0 aliphatic carbocycles. The number of nitrogens with zero attached hydrogens (tertiary/aromatic N) is 1. The molecular weight excluding hydrogens is 343 g/mol. The average Bonchev–Trinajstić information content (AvgIpc) is 2.61. The van der Waals surface area contributed by atoms with Gasteiger partial charge in [-0.1, -0.05) is 36.4 Å². The van der Waals surface area contributed by atoms with Gasteiger partial charge in [0.15, 0.2) is 0 Å². The van der Waals surface area contributed by atoms with Crippen LogP contribution in [-0.2, 0) is 28.8 Å². The molecule has 1 aliphatic rings. The zero-order chi connectivity index (χ0) is 18.7. The van der Waals surface area contributed by atoms with Crippen molar-refractivity contribution in [2.24, 2.45) is 0 Å². The number of esters is 1. The number of ether oxygens (including phenoxy) is 1. The second kappa shape index (κ2) is 7.50. The van der Waals surface area contributed by atoms with Gasteiger partial charge >= 0.3 is 12.1 Å². The van der Waals surface area contributed by atoms with Gasteiger partial charge in [0, 0.05) is 25.6 Å². The quantitative estimate of drug-likeness (QED) is 0.756. The second-order valence-electron chi connectivity index (χ2n) is 6.54. The molecule has 0 saturated heterocycles. The summed E-state index contributed by atoms with van der Waals surface area (Å²) in [5, 5.41) is 0. The fraction of sp³-hybridized carbons (Fsp3) is 0.350. The fourth-order valence-electron chi connectivity index (χ4n) is 3.43. The third kappa shape index (κ3) is 4.25. The zero-order valence-corrected chi connectivity index (χ0v) is 14.4. The predicted molar refractivity (Wildman–Crippen MR) is 91.4 cm³/mol. The lowest BCUT2D eigenvalue weighted by Gasteiger charge is -2.34. The van der Waals surface area contributed by atoms with E-state index in [0.717, 1.165) is 28.8 Å². The largest absolute Gasteiger partial charge is 0.469 e. The molecule has 2 aromatic rings. The molecule has 1 heterocycles. The van der Waals surface area contributed by atoms with Gasteiger partial charge in [0.1, 0.15) is 0 Å². The Labute approximate surface area is 150 Å². The van der Waals surface area contributed by atoms with Crippen LogP contribution in [0.1, 0.15) is 34.6 Å². The molecule has 0 radical (unpaired) electrons. The summed E-state index contributed by atoms with van der Waals surface area (Å²) in [6.07, 6.45) is -4.04. The number of hydrogen-bond acceptors (Lipinski definition) is 3. The summed E-state index contributed by atoms with van der Waals surface area (Å²) >= 11 is 0. The Bertz CT molecular complexity index is 771. The van der Waals surface area contributed by atoms with Crippen LogP contribution in [0.3, 0.4) is 0 Å². The van der Waals surface area contributed by atoms with Crippen LogP contribution in [0.15, 0.2) is 48.5 Å². The van der Waals surface area contributed by atoms with E-state index in [0.29, 0.717) is 19.6 Å². The maximum atomic E-state index is 12.7. The first-order valence-electron chi connectivity index (χ1n) is 8.40. The monoisotopic (exact) mass is 363 g/mol. The predicted octanol–water partition coefficient (Wildman–Crippen LogP) is 4.37. The summed E-state index contributed by atoms with van der Waals surface area (Å²) in [7, 11) is 1.37. The second-order valence-corrected chi connectivity index (χ2v) is 6.54. The van der Waals surface area contributed by atoms with E-state index >= 15 is 0 Å². The molecule has 0 saturated carbocycles. The van der Waals surface area contributed by atoms with E-state index in [4.69, 9.17) is 4.74 Å². The Hall–Kier alpha value is -2.34. The maximum Gasteiger partial charge on any atom is 0.416 e. The minimum atomic E-state index is -4.33. The lowest BCUT2D eigenvalue weighted by atomic mass is 9.87. The highest BCUT2D eigenvalue weighted by Crippen LogP contribution is 2.32. The van der Waals surface area contributed by atoms with E-state index < -0.39 is 11.7 Å². The van der Waals surface area contributed by atoms with Crippen molar-refractivity contribution in [2.45, 2.75) is 31.6 Å². The topological polar surface area (TPSA) is 29.5 Å². The van der Waals surface area contributed by atoms with Crippen LogP contribution in [0.2, 0.25) is 0 Å². The van der Waals surface area contributed by atoms with Crippen LogP contribution in [0, 0.1) is 0 Å². The molecule has 0 spiro atoms. The van der Waals surface area contributed by atoms with Crippen molar-refractivity contribution in [3.05, 3.63) is 70.8 Å². The average molecular weight is 363 g/mol. The van der Waals surface area contributed by atoms with Gasteiger partial charge in [-0.25, -0.2) is 0 Å². The van der Waals surface area contributed by atoms with Gasteiger partial charge in [-0.2, -0.15) is 13.2 Å². The molecule has 0 amide bonds. The Kier molecular flexibility index (Phi) is 5.32. The number of rotatable bonds is 4. The molecule has 6 heteroatoms. The molecule has 0 fully saturated rings. The summed E-state index contributed by atoms with van der Waals surface area (Å²) < 4.78 is 42.9. The maximum absolute atomic E-state index is 12.7. The normalized spacial score (nSPS) is 17.6. The molecule has 1 unspecified atom stereocenters. The molecule has 26 heavy (non-hydrogen) atoms. The number of benzene rings is 2. The molecule has 1 aliphatic heterocycles. The molecular formula is C20H20F3NO2. The third-order valence-electron chi connectivity index (χ3n) is 4.70. The van der Waals surface area contributed by atoms with E-state index in [2.05, 4.69) is 4.90 Å². The Morgan fingerprint density at radius 3 is 2.50 bits per heavy atom. The Balaban J connectivity index is 1.76. The minimum Gasteiger partial charge on any atom is -0.469 e. The van der Waals surface area contributed by atoms with Crippen molar-refractivity contribution in [3.63, 3.8) is 0 Å². The van der Waals surface area contributed by atoms with Crippen molar-refractivity contribution in [1.29, 1.82) is 0 Å². The molecule has 3 rings (SSSR count). The molecule has 2 aromatic carbocycles. The van der Waals surface area contributed by atoms with Gasteiger partial charge < -0.3 is 4.74 Å². The van der Waals surface area contributed by atoms with Gasteiger partial charge in [-0.05, 0) is 28.8 Å². The van der Waals surface area contributed by atoms with E-state index in [1.807, 2.05) is 24.3 Å². The first-order chi connectivity index (χ1) is 12.4. The summed E-state index contributed by atoms with van der Waals surface area (Å²) in [6, 6.07) is 13.2. The van der Waals surface area contributed by atoms with Crippen LogP contribution in [-0.4, -0.2) is 24.5 Å². The smallest absolute Gasteiger partial charge is 0.416 e. The standard InChI is InChI=1S/C20H20F3NO2/c1-26-19(25)10-16-13-24(12-15-4-2-3-5-18(15)16)11-14-6-8-17(9-7-14)20(21,22)23/h2-9,16H,10-13H2,1H3. The SMILES string of the molecule is COC(=O)CC1CN(Cc2ccc(C(F)(F)F)cc2)Cc2ccccc21. The Morgan fingerprint density at radius 1 is 1.15 bits per heavy atom. The highest BCUT2D eigenvalue weighted by atomic mass is 19.4. The van der Waals surface area contributed by atoms with Gasteiger partial charge in [0.2, 0.25) is 0 Å². The van der Waals surface area contributed by atoms with E-state index in [1.165, 1.54) is 19.2 Å². The van der Waals surface area contributed by atoms with Crippen LogP contribution < -0.4 is 0 Å². The fourth-order valence-corrected chi connectivity index (χ4v) is 3.43. The van der Waals surface area contributed by atoms with Crippen molar-refractivity contribution in [1.82, 2.24) is 4.90 Å². The molecule has 0 N–H and O–H groups in total. The molecule has 1 atom stereocenters. The summed E-state index contributed by atoms with van der Waals surface area (Å²) in [5.41, 5.74) is 2.45.